The monoisotopic (exact) mass is 375 g/mol. The number of nitrogens with zero attached hydrogens (tertiary/aromatic N) is 3. The molecule has 3 heterocycles. The van der Waals surface area contributed by atoms with Crippen LogP contribution >= 0.6 is 15.9 Å². The Bertz CT molecular complexity index is 785. The molecule has 3 aromatic rings. The maximum absolute atomic E-state index is 11.8. The minimum atomic E-state index is -0.256. The number of hydrogen-bond acceptors (Lipinski definition) is 5. The summed E-state index contributed by atoms with van der Waals surface area (Å²) in [5.41, 5.74) is 0. The number of carbonyl (C=O) groups excluding carboxylic acids is 1. The van der Waals surface area contributed by atoms with Gasteiger partial charge in [-0.05, 0) is 40.2 Å². The number of rotatable bonds is 6. The van der Waals surface area contributed by atoms with Crippen molar-refractivity contribution in [3.8, 4) is 5.82 Å². The van der Waals surface area contributed by atoms with Crippen molar-refractivity contribution in [2.45, 2.75) is 0 Å². The Kier molecular flexibility index (Phi) is 4.72. The lowest BCUT2D eigenvalue weighted by molar-refractivity contribution is 0.0926. The van der Waals surface area contributed by atoms with E-state index >= 15 is 0 Å². The van der Waals surface area contributed by atoms with Crippen LogP contribution in [0.4, 0.5) is 5.82 Å². The van der Waals surface area contributed by atoms with Crippen molar-refractivity contribution in [1.29, 1.82) is 0 Å². The minimum Gasteiger partial charge on any atom is -0.444 e. The fourth-order valence-corrected chi connectivity index (χ4v) is 2.27. The largest absolute Gasteiger partial charge is 0.444 e. The molecule has 0 radical (unpaired) electrons. The van der Waals surface area contributed by atoms with Crippen LogP contribution in [0.1, 0.15) is 10.6 Å². The Morgan fingerprint density at radius 2 is 2.04 bits per heavy atom. The molecule has 1 amide bonds. The Labute approximate surface area is 140 Å². The van der Waals surface area contributed by atoms with Gasteiger partial charge >= 0.3 is 0 Å². The summed E-state index contributed by atoms with van der Waals surface area (Å²) in [6, 6.07) is 8.98. The van der Waals surface area contributed by atoms with Crippen LogP contribution in [0.3, 0.4) is 0 Å². The molecule has 7 nitrogen and oxygen atoms in total. The molecule has 0 aliphatic rings. The molecule has 3 rings (SSSR count). The van der Waals surface area contributed by atoms with E-state index < -0.39 is 0 Å². The summed E-state index contributed by atoms with van der Waals surface area (Å²) >= 11 is 3.16. The highest BCUT2D eigenvalue weighted by Gasteiger charge is 2.09. The molecule has 0 aliphatic heterocycles. The van der Waals surface area contributed by atoms with Crippen molar-refractivity contribution in [2.75, 3.05) is 18.4 Å². The van der Waals surface area contributed by atoms with Gasteiger partial charge in [-0.1, -0.05) is 0 Å². The molecular weight excluding hydrogens is 362 g/mol. The molecule has 0 saturated carbocycles. The fourth-order valence-electron chi connectivity index (χ4n) is 1.96. The first-order valence-corrected chi connectivity index (χ1v) is 7.74. The lowest BCUT2D eigenvalue weighted by atomic mass is 10.4. The zero-order valence-electron chi connectivity index (χ0n) is 12.1. The summed E-state index contributed by atoms with van der Waals surface area (Å²) in [6.45, 7) is 0.982. The first-order chi connectivity index (χ1) is 11.2. The van der Waals surface area contributed by atoms with Crippen LogP contribution in [0.15, 0.2) is 58.1 Å². The summed E-state index contributed by atoms with van der Waals surface area (Å²) in [5, 5.41) is 5.90. The predicted molar refractivity (Wildman–Crippen MR) is 88.6 cm³/mol. The van der Waals surface area contributed by atoms with Crippen LogP contribution in [-0.2, 0) is 0 Å². The lowest BCUT2D eigenvalue weighted by Crippen LogP contribution is -2.28. The second-order valence-corrected chi connectivity index (χ2v) is 5.42. The van der Waals surface area contributed by atoms with Gasteiger partial charge in [-0.2, -0.15) is 0 Å². The Hall–Kier alpha value is -2.61. The minimum absolute atomic E-state index is 0.256. The number of halogens is 1. The Balaban J connectivity index is 1.49. The number of carbonyl (C=O) groups is 1. The summed E-state index contributed by atoms with van der Waals surface area (Å²) in [5.74, 6) is 1.48. The summed E-state index contributed by atoms with van der Waals surface area (Å²) in [6.07, 6.45) is 5.32. The van der Waals surface area contributed by atoms with Gasteiger partial charge in [-0.3, -0.25) is 4.79 Å². The second-order valence-electron chi connectivity index (χ2n) is 4.64. The second kappa shape index (κ2) is 7.10. The normalized spacial score (nSPS) is 10.5. The summed E-state index contributed by atoms with van der Waals surface area (Å²) in [7, 11) is 0. The van der Waals surface area contributed by atoms with Gasteiger partial charge in [0, 0.05) is 31.5 Å². The molecule has 2 N–H and O–H groups in total. The average molecular weight is 376 g/mol. The molecule has 0 unspecified atom stereocenters. The van der Waals surface area contributed by atoms with E-state index in [2.05, 4.69) is 36.5 Å². The van der Waals surface area contributed by atoms with Crippen LogP contribution in [-0.4, -0.2) is 33.5 Å². The Morgan fingerprint density at radius 3 is 2.78 bits per heavy atom. The van der Waals surface area contributed by atoms with Crippen molar-refractivity contribution in [3.63, 3.8) is 0 Å². The topological polar surface area (TPSA) is 85.0 Å². The highest BCUT2D eigenvalue weighted by molar-refractivity contribution is 9.10. The van der Waals surface area contributed by atoms with Crippen molar-refractivity contribution >= 4 is 27.7 Å². The summed E-state index contributed by atoms with van der Waals surface area (Å²) in [4.78, 5) is 20.2. The zero-order valence-corrected chi connectivity index (χ0v) is 13.7. The van der Waals surface area contributed by atoms with Crippen molar-refractivity contribution in [3.05, 3.63) is 59.5 Å². The summed E-state index contributed by atoms with van der Waals surface area (Å²) < 4.78 is 7.60. The maximum Gasteiger partial charge on any atom is 0.287 e. The van der Waals surface area contributed by atoms with Crippen LogP contribution in [0, 0.1) is 0 Å². The third-order valence-electron chi connectivity index (χ3n) is 3.04. The van der Waals surface area contributed by atoms with Crippen molar-refractivity contribution < 1.29 is 9.21 Å². The molecule has 23 heavy (non-hydrogen) atoms. The number of furan rings is 1. The molecular formula is C15H14BrN5O2. The molecule has 0 atom stereocenters. The lowest BCUT2D eigenvalue weighted by Gasteiger charge is -2.08. The average Bonchev–Trinajstić information content (AvgIpc) is 3.23. The van der Waals surface area contributed by atoms with E-state index in [4.69, 9.17) is 4.42 Å². The first-order valence-electron chi connectivity index (χ1n) is 6.95. The zero-order chi connectivity index (χ0) is 16.1. The highest BCUT2D eigenvalue weighted by Crippen LogP contribution is 2.13. The van der Waals surface area contributed by atoms with Crippen LogP contribution in [0.2, 0.25) is 0 Å². The van der Waals surface area contributed by atoms with Gasteiger partial charge in [-0.15, -0.1) is 0 Å². The van der Waals surface area contributed by atoms with Gasteiger partial charge in [0.15, 0.2) is 10.4 Å². The molecule has 0 aliphatic carbocycles. The van der Waals surface area contributed by atoms with E-state index in [1.165, 1.54) is 6.33 Å². The van der Waals surface area contributed by atoms with Crippen molar-refractivity contribution in [2.24, 2.45) is 0 Å². The maximum atomic E-state index is 11.8. The van der Waals surface area contributed by atoms with Gasteiger partial charge in [0.05, 0.1) is 0 Å². The number of amides is 1. The number of nitrogens with one attached hydrogen (secondary N) is 2. The van der Waals surface area contributed by atoms with E-state index in [9.17, 15) is 4.79 Å². The molecule has 8 heteroatoms. The van der Waals surface area contributed by atoms with Gasteiger partial charge in [0.25, 0.3) is 5.91 Å². The molecule has 0 fully saturated rings. The number of aromatic nitrogens is 3. The first kappa shape index (κ1) is 15.3. The van der Waals surface area contributed by atoms with E-state index in [0.717, 1.165) is 5.82 Å². The molecule has 0 aromatic carbocycles. The van der Waals surface area contributed by atoms with Crippen LogP contribution in [0.25, 0.3) is 5.82 Å². The predicted octanol–water partition coefficient (Wildman–Crippen LogP) is 2.46. The van der Waals surface area contributed by atoms with E-state index in [1.54, 1.807) is 12.1 Å². The molecule has 118 valence electrons. The molecule has 0 saturated heterocycles. The molecule has 0 spiro atoms. The number of anilines is 1. The van der Waals surface area contributed by atoms with Crippen LogP contribution < -0.4 is 10.6 Å². The fraction of sp³-hybridized carbons (Fsp3) is 0.133. The molecule has 0 bridgehead atoms. The third-order valence-corrected chi connectivity index (χ3v) is 3.46. The molecule has 3 aromatic heterocycles. The third kappa shape index (κ3) is 3.98. The standard InChI is InChI=1S/C15H14BrN5O2/c16-12-4-3-11(23-12)15(22)18-6-5-17-13-9-14(20-10-19-13)21-7-1-2-8-21/h1-4,7-10H,5-6H2,(H,18,22)(H,17,19,20). The van der Waals surface area contributed by atoms with Crippen LogP contribution in [0.5, 0.6) is 0 Å². The van der Waals surface area contributed by atoms with Gasteiger partial charge < -0.3 is 19.6 Å². The Morgan fingerprint density at radius 1 is 1.22 bits per heavy atom. The van der Waals surface area contributed by atoms with E-state index in [1.807, 2.05) is 35.2 Å². The quantitative estimate of drug-likeness (QED) is 0.646. The van der Waals surface area contributed by atoms with Gasteiger partial charge in [0.1, 0.15) is 18.0 Å². The SMILES string of the molecule is O=C(NCCNc1cc(-n2cccc2)ncn1)c1ccc(Br)o1. The smallest absolute Gasteiger partial charge is 0.287 e. The van der Waals surface area contributed by atoms with Gasteiger partial charge in [-0.25, -0.2) is 9.97 Å². The van der Waals surface area contributed by atoms with Crippen molar-refractivity contribution in [1.82, 2.24) is 19.9 Å². The van der Waals surface area contributed by atoms with E-state index in [-0.39, 0.29) is 11.7 Å². The highest BCUT2D eigenvalue weighted by atomic mass is 79.9. The van der Waals surface area contributed by atoms with E-state index in [0.29, 0.717) is 23.6 Å². The van der Waals surface area contributed by atoms with Gasteiger partial charge in [0.2, 0.25) is 0 Å². The number of hydrogen-bond donors (Lipinski definition) is 2.